The third kappa shape index (κ3) is 3.58. The molecular formula is C14H17BrN2O2. The van der Waals surface area contributed by atoms with E-state index in [9.17, 15) is 0 Å². The number of nitrogens with zero attached hydrogens (tertiary/aromatic N) is 1. The number of ether oxygens (including phenoxy) is 1. The highest BCUT2D eigenvalue weighted by molar-refractivity contribution is 9.10. The fourth-order valence-corrected chi connectivity index (χ4v) is 2.13. The Morgan fingerprint density at radius 1 is 1.42 bits per heavy atom. The smallest absolute Gasteiger partial charge is 0.196 e. The van der Waals surface area contributed by atoms with Crippen molar-refractivity contribution in [3.63, 3.8) is 0 Å². The number of hydrogen-bond donors (Lipinski definition) is 1. The second-order valence-corrected chi connectivity index (χ2v) is 4.98. The molecule has 1 aromatic carbocycles. The molecule has 0 bridgehead atoms. The van der Waals surface area contributed by atoms with Gasteiger partial charge in [-0.05, 0) is 24.7 Å². The fourth-order valence-electron chi connectivity index (χ4n) is 1.79. The Hall–Kier alpha value is -1.33. The van der Waals surface area contributed by atoms with E-state index in [0.29, 0.717) is 0 Å². The molecular weight excluding hydrogens is 308 g/mol. The second-order valence-electron chi connectivity index (χ2n) is 4.07. The van der Waals surface area contributed by atoms with E-state index in [0.717, 1.165) is 46.9 Å². The van der Waals surface area contributed by atoms with Gasteiger partial charge in [-0.3, -0.25) is 0 Å². The van der Waals surface area contributed by atoms with Crippen molar-refractivity contribution in [1.82, 2.24) is 10.3 Å². The quantitative estimate of drug-likeness (QED) is 0.828. The number of methoxy groups -OCH3 is 1. The molecule has 1 aromatic heterocycles. The van der Waals surface area contributed by atoms with Crippen LogP contribution in [0.3, 0.4) is 0 Å². The van der Waals surface area contributed by atoms with Crippen LogP contribution in [0.15, 0.2) is 33.3 Å². The van der Waals surface area contributed by atoms with E-state index in [2.05, 4.69) is 33.2 Å². The molecule has 2 aromatic rings. The average Bonchev–Trinajstić information content (AvgIpc) is 2.87. The van der Waals surface area contributed by atoms with Crippen molar-refractivity contribution in [3.05, 3.63) is 34.8 Å². The van der Waals surface area contributed by atoms with Gasteiger partial charge in [0.25, 0.3) is 0 Å². The first-order valence-electron chi connectivity index (χ1n) is 6.24. The maximum atomic E-state index is 5.75. The lowest BCUT2D eigenvalue weighted by molar-refractivity contribution is 0.413. The van der Waals surface area contributed by atoms with Crippen LogP contribution >= 0.6 is 15.9 Å². The molecule has 0 amide bonds. The molecule has 1 heterocycles. The molecule has 0 saturated carbocycles. The molecule has 0 radical (unpaired) electrons. The number of aromatic nitrogens is 1. The number of likely N-dealkylation sites (N-methyl/N-ethyl adjacent to an activating group) is 1. The largest absolute Gasteiger partial charge is 0.496 e. The highest BCUT2D eigenvalue weighted by Crippen LogP contribution is 2.32. The van der Waals surface area contributed by atoms with Gasteiger partial charge in [0.2, 0.25) is 0 Å². The number of nitrogens with one attached hydrogen (secondary N) is 1. The van der Waals surface area contributed by atoms with Gasteiger partial charge in [-0.15, -0.1) is 0 Å². The molecule has 0 aliphatic rings. The number of benzene rings is 1. The lowest BCUT2D eigenvalue weighted by Gasteiger charge is -2.06. The summed E-state index contributed by atoms with van der Waals surface area (Å²) in [4.78, 5) is 4.29. The summed E-state index contributed by atoms with van der Waals surface area (Å²) in [7, 11) is 1.65. The van der Waals surface area contributed by atoms with Gasteiger partial charge in [0.05, 0.1) is 18.9 Å². The summed E-state index contributed by atoms with van der Waals surface area (Å²) in [5, 5.41) is 3.24. The number of hydrogen-bond acceptors (Lipinski definition) is 4. The van der Waals surface area contributed by atoms with Gasteiger partial charge < -0.3 is 14.5 Å². The summed E-state index contributed by atoms with van der Waals surface area (Å²) in [5.74, 6) is 2.24. The van der Waals surface area contributed by atoms with Crippen molar-refractivity contribution in [2.75, 3.05) is 20.2 Å². The Labute approximate surface area is 121 Å². The van der Waals surface area contributed by atoms with Crippen molar-refractivity contribution in [1.29, 1.82) is 0 Å². The van der Waals surface area contributed by atoms with Crippen LogP contribution in [0.2, 0.25) is 0 Å². The van der Waals surface area contributed by atoms with Crippen LogP contribution in [0.25, 0.3) is 11.3 Å². The highest BCUT2D eigenvalue weighted by atomic mass is 79.9. The zero-order chi connectivity index (χ0) is 13.7. The molecule has 2 rings (SSSR count). The third-order valence-corrected chi connectivity index (χ3v) is 3.24. The molecule has 19 heavy (non-hydrogen) atoms. The van der Waals surface area contributed by atoms with E-state index in [1.165, 1.54) is 0 Å². The highest BCUT2D eigenvalue weighted by Gasteiger charge is 2.11. The van der Waals surface area contributed by atoms with Gasteiger partial charge in [0.15, 0.2) is 11.7 Å². The first-order valence-corrected chi connectivity index (χ1v) is 7.03. The average molecular weight is 325 g/mol. The minimum Gasteiger partial charge on any atom is -0.496 e. The Kier molecular flexibility index (Phi) is 4.99. The topological polar surface area (TPSA) is 47.3 Å². The third-order valence-electron chi connectivity index (χ3n) is 2.75. The van der Waals surface area contributed by atoms with Crippen LogP contribution in [-0.2, 0) is 6.42 Å². The van der Waals surface area contributed by atoms with Crippen molar-refractivity contribution >= 4 is 15.9 Å². The summed E-state index contributed by atoms with van der Waals surface area (Å²) in [6.07, 6.45) is 2.53. The summed E-state index contributed by atoms with van der Waals surface area (Å²) in [6, 6.07) is 5.83. The van der Waals surface area contributed by atoms with Gasteiger partial charge in [-0.1, -0.05) is 22.9 Å². The normalized spacial score (nSPS) is 10.7. The van der Waals surface area contributed by atoms with Crippen LogP contribution in [0.1, 0.15) is 12.8 Å². The van der Waals surface area contributed by atoms with Crippen LogP contribution in [0, 0.1) is 0 Å². The Morgan fingerprint density at radius 3 is 3.00 bits per heavy atom. The lowest BCUT2D eigenvalue weighted by Crippen LogP contribution is -2.16. The van der Waals surface area contributed by atoms with Crippen LogP contribution in [0.5, 0.6) is 5.75 Å². The van der Waals surface area contributed by atoms with Gasteiger partial charge >= 0.3 is 0 Å². The van der Waals surface area contributed by atoms with Crippen LogP contribution in [-0.4, -0.2) is 25.2 Å². The standard InChI is InChI=1S/C14H17BrN2O2/c1-3-16-7-6-14-17-9-13(19-14)11-5-4-10(15)8-12(11)18-2/h4-5,8-9,16H,3,6-7H2,1-2H3. The number of rotatable bonds is 6. The monoisotopic (exact) mass is 324 g/mol. The minimum absolute atomic E-state index is 0.732. The van der Waals surface area contributed by atoms with Crippen molar-refractivity contribution in [2.45, 2.75) is 13.3 Å². The van der Waals surface area contributed by atoms with Gasteiger partial charge in [-0.2, -0.15) is 0 Å². The molecule has 102 valence electrons. The Bertz CT molecular complexity index is 540. The maximum Gasteiger partial charge on any atom is 0.196 e. The molecule has 0 spiro atoms. The number of oxazole rings is 1. The summed E-state index contributed by atoms with van der Waals surface area (Å²) < 4.78 is 12.1. The molecule has 4 nitrogen and oxygen atoms in total. The Morgan fingerprint density at radius 2 is 2.26 bits per heavy atom. The van der Waals surface area contributed by atoms with Crippen molar-refractivity contribution in [3.8, 4) is 17.1 Å². The summed E-state index contributed by atoms with van der Waals surface area (Å²) in [5.41, 5.74) is 0.910. The first-order chi connectivity index (χ1) is 9.24. The van der Waals surface area contributed by atoms with Gasteiger partial charge in [-0.25, -0.2) is 4.98 Å². The predicted molar refractivity (Wildman–Crippen MR) is 78.4 cm³/mol. The summed E-state index contributed by atoms with van der Waals surface area (Å²) in [6.45, 7) is 3.90. The molecule has 0 aliphatic carbocycles. The Balaban J connectivity index is 2.18. The van der Waals surface area contributed by atoms with Crippen LogP contribution < -0.4 is 10.1 Å². The molecule has 1 N–H and O–H groups in total. The van der Waals surface area contributed by atoms with E-state index < -0.39 is 0 Å². The molecule has 0 fully saturated rings. The predicted octanol–water partition coefficient (Wildman–Crippen LogP) is 3.26. The first kappa shape index (κ1) is 14.1. The van der Waals surface area contributed by atoms with E-state index in [1.54, 1.807) is 13.3 Å². The zero-order valence-electron chi connectivity index (χ0n) is 11.1. The van der Waals surface area contributed by atoms with E-state index in [4.69, 9.17) is 9.15 Å². The van der Waals surface area contributed by atoms with Gasteiger partial charge in [0.1, 0.15) is 5.75 Å². The number of halogens is 1. The zero-order valence-corrected chi connectivity index (χ0v) is 12.7. The van der Waals surface area contributed by atoms with E-state index >= 15 is 0 Å². The fraction of sp³-hybridized carbons (Fsp3) is 0.357. The molecule has 0 aliphatic heterocycles. The molecule has 0 atom stereocenters. The van der Waals surface area contributed by atoms with Crippen LogP contribution in [0.4, 0.5) is 0 Å². The maximum absolute atomic E-state index is 5.75. The van der Waals surface area contributed by atoms with Gasteiger partial charge in [0, 0.05) is 17.4 Å². The summed E-state index contributed by atoms with van der Waals surface area (Å²) >= 11 is 3.42. The van der Waals surface area contributed by atoms with E-state index in [-0.39, 0.29) is 0 Å². The SMILES string of the molecule is CCNCCc1ncc(-c2ccc(Br)cc2OC)o1. The minimum atomic E-state index is 0.732. The molecule has 0 saturated heterocycles. The van der Waals surface area contributed by atoms with Crippen molar-refractivity contribution in [2.24, 2.45) is 0 Å². The molecule has 0 unspecified atom stereocenters. The second kappa shape index (κ2) is 6.73. The molecule has 5 heteroatoms. The lowest BCUT2D eigenvalue weighted by atomic mass is 10.1. The van der Waals surface area contributed by atoms with Crippen molar-refractivity contribution < 1.29 is 9.15 Å². The van der Waals surface area contributed by atoms with E-state index in [1.807, 2.05) is 18.2 Å².